The molecule has 0 aliphatic heterocycles. The molecule has 0 saturated carbocycles. The molecule has 1 heterocycles. The van der Waals surface area contributed by atoms with Crippen LogP contribution in [0.2, 0.25) is 0 Å². The van der Waals surface area contributed by atoms with E-state index in [9.17, 15) is 9.18 Å². The van der Waals surface area contributed by atoms with Gasteiger partial charge in [-0.25, -0.2) is 9.18 Å². The van der Waals surface area contributed by atoms with Gasteiger partial charge in [-0.3, -0.25) is 14.7 Å². The first-order valence-corrected chi connectivity index (χ1v) is 9.33. The summed E-state index contributed by atoms with van der Waals surface area (Å²) in [6, 6.07) is 8.85. The number of urea groups is 1. The molecule has 7 nitrogen and oxygen atoms in total. The lowest BCUT2D eigenvalue weighted by atomic mass is 10.2. The van der Waals surface area contributed by atoms with Crippen LogP contribution >= 0.6 is 15.9 Å². The predicted octanol–water partition coefficient (Wildman–Crippen LogP) is 5.44. The maximum atomic E-state index is 13.3. The number of rotatable bonds is 5. The van der Waals surface area contributed by atoms with Gasteiger partial charge in [-0.05, 0) is 66.0 Å². The SMILES string of the molecule is C=Nc1ccc(NC(=O)Nc2ccc(F)c(Br)c2)cc1N=C(C)c1cnn(C)c1. The van der Waals surface area contributed by atoms with Crippen LogP contribution in [-0.4, -0.2) is 28.2 Å². The molecule has 0 aliphatic rings. The van der Waals surface area contributed by atoms with Gasteiger partial charge < -0.3 is 10.6 Å². The molecule has 0 saturated heterocycles. The van der Waals surface area contributed by atoms with Gasteiger partial charge in [0.25, 0.3) is 0 Å². The highest BCUT2D eigenvalue weighted by molar-refractivity contribution is 9.10. The van der Waals surface area contributed by atoms with Crippen LogP contribution in [0.15, 0.2) is 63.2 Å². The first kappa shape index (κ1) is 20.4. The van der Waals surface area contributed by atoms with Crippen molar-refractivity contribution in [1.29, 1.82) is 0 Å². The standard InChI is InChI=1S/C20H18BrFN6O/c1-12(13-10-24-28(3)11-13)25-19-9-15(5-7-18(19)23-2)27-20(29)26-14-4-6-17(22)16(21)8-14/h4-11H,2H2,1,3H3,(H2,26,27,29). The minimum absolute atomic E-state index is 0.263. The Morgan fingerprint density at radius 2 is 1.86 bits per heavy atom. The number of nitrogens with one attached hydrogen (secondary N) is 2. The number of benzene rings is 2. The summed E-state index contributed by atoms with van der Waals surface area (Å²) in [7, 11) is 1.83. The zero-order valence-electron chi connectivity index (χ0n) is 15.8. The van der Waals surface area contributed by atoms with Crippen molar-refractivity contribution in [2.75, 3.05) is 10.6 Å². The summed E-state index contributed by atoms with van der Waals surface area (Å²) < 4.78 is 15.3. The second-order valence-electron chi connectivity index (χ2n) is 6.17. The van der Waals surface area contributed by atoms with Gasteiger partial charge in [-0.2, -0.15) is 5.10 Å². The van der Waals surface area contributed by atoms with Gasteiger partial charge >= 0.3 is 6.03 Å². The largest absolute Gasteiger partial charge is 0.323 e. The summed E-state index contributed by atoms with van der Waals surface area (Å²) in [6.07, 6.45) is 3.58. The number of anilines is 2. The number of aryl methyl sites for hydroxylation is 1. The molecule has 148 valence electrons. The van der Waals surface area contributed by atoms with Crippen molar-refractivity contribution in [3.63, 3.8) is 0 Å². The molecule has 0 unspecified atom stereocenters. The average molecular weight is 457 g/mol. The van der Waals surface area contributed by atoms with Crippen LogP contribution in [0.25, 0.3) is 0 Å². The number of aromatic nitrogens is 2. The maximum absolute atomic E-state index is 13.3. The summed E-state index contributed by atoms with van der Waals surface area (Å²) in [5.41, 5.74) is 3.74. The molecule has 9 heteroatoms. The number of carbonyl (C=O) groups is 1. The minimum Gasteiger partial charge on any atom is -0.308 e. The molecule has 29 heavy (non-hydrogen) atoms. The Bertz CT molecular complexity index is 1110. The molecule has 3 rings (SSSR count). The lowest BCUT2D eigenvalue weighted by molar-refractivity contribution is 0.262. The van der Waals surface area contributed by atoms with Crippen LogP contribution in [0.3, 0.4) is 0 Å². The van der Waals surface area contributed by atoms with Crippen LogP contribution in [0.4, 0.5) is 31.9 Å². The molecular weight excluding hydrogens is 439 g/mol. The third-order valence-corrected chi connectivity index (χ3v) is 4.60. The van der Waals surface area contributed by atoms with Crippen molar-refractivity contribution in [3.8, 4) is 0 Å². The van der Waals surface area contributed by atoms with Gasteiger partial charge in [-0.15, -0.1) is 0 Å². The predicted molar refractivity (Wildman–Crippen MR) is 117 cm³/mol. The van der Waals surface area contributed by atoms with Crippen LogP contribution in [-0.2, 0) is 7.05 Å². The molecule has 0 bridgehead atoms. The topological polar surface area (TPSA) is 83.7 Å². The van der Waals surface area contributed by atoms with Crippen LogP contribution in [0.1, 0.15) is 12.5 Å². The van der Waals surface area contributed by atoms with Crippen LogP contribution in [0, 0.1) is 5.82 Å². The van der Waals surface area contributed by atoms with E-state index in [1.807, 2.05) is 20.2 Å². The summed E-state index contributed by atoms with van der Waals surface area (Å²) in [6.45, 7) is 5.43. The lowest BCUT2D eigenvalue weighted by Crippen LogP contribution is -2.19. The van der Waals surface area contributed by atoms with Gasteiger partial charge in [0, 0.05) is 35.9 Å². The molecule has 2 amide bonds. The first-order valence-electron chi connectivity index (χ1n) is 8.54. The quantitative estimate of drug-likeness (QED) is 0.501. The second kappa shape index (κ2) is 8.78. The summed E-state index contributed by atoms with van der Waals surface area (Å²) in [4.78, 5) is 20.9. The van der Waals surface area contributed by atoms with E-state index in [0.717, 1.165) is 11.3 Å². The number of carbonyl (C=O) groups excluding carboxylic acids is 1. The molecule has 0 spiro atoms. The van der Waals surface area contributed by atoms with Gasteiger partial charge in [0.2, 0.25) is 0 Å². The highest BCUT2D eigenvalue weighted by Crippen LogP contribution is 2.31. The Morgan fingerprint density at radius 1 is 1.17 bits per heavy atom. The highest BCUT2D eigenvalue weighted by Gasteiger charge is 2.09. The molecular formula is C20H18BrFN6O. The number of hydrogen-bond acceptors (Lipinski definition) is 4. The van der Waals surface area contributed by atoms with Gasteiger partial charge in [0.05, 0.1) is 22.0 Å². The Morgan fingerprint density at radius 3 is 2.48 bits per heavy atom. The van der Waals surface area contributed by atoms with Crippen molar-refractivity contribution in [2.24, 2.45) is 17.0 Å². The van der Waals surface area contributed by atoms with Crippen LogP contribution < -0.4 is 10.6 Å². The van der Waals surface area contributed by atoms with Crippen molar-refractivity contribution >= 4 is 57.1 Å². The average Bonchev–Trinajstić information content (AvgIpc) is 3.11. The van der Waals surface area contributed by atoms with E-state index in [0.29, 0.717) is 22.7 Å². The number of halogens is 2. The Kier molecular flexibility index (Phi) is 6.18. The van der Waals surface area contributed by atoms with E-state index in [-0.39, 0.29) is 4.47 Å². The molecule has 0 radical (unpaired) electrons. The fraction of sp³-hybridized carbons (Fsp3) is 0.100. The number of aliphatic imine (C=N–C) groups is 2. The maximum Gasteiger partial charge on any atom is 0.323 e. The third kappa shape index (κ3) is 5.14. The fourth-order valence-corrected chi connectivity index (χ4v) is 2.92. The fourth-order valence-electron chi connectivity index (χ4n) is 2.55. The van der Waals surface area contributed by atoms with Gasteiger partial charge in [0.1, 0.15) is 5.82 Å². The van der Waals surface area contributed by atoms with Gasteiger partial charge in [-0.1, -0.05) is 0 Å². The van der Waals surface area contributed by atoms with E-state index in [4.69, 9.17) is 0 Å². The molecule has 2 aromatic carbocycles. The van der Waals surface area contributed by atoms with Gasteiger partial charge in [0.15, 0.2) is 0 Å². The van der Waals surface area contributed by atoms with Crippen molar-refractivity contribution in [1.82, 2.24) is 9.78 Å². The first-order chi connectivity index (χ1) is 13.9. The van der Waals surface area contributed by atoms with Crippen molar-refractivity contribution in [3.05, 3.63) is 64.6 Å². The van der Waals surface area contributed by atoms with E-state index >= 15 is 0 Å². The van der Waals surface area contributed by atoms with E-state index in [1.165, 1.54) is 18.2 Å². The lowest BCUT2D eigenvalue weighted by Gasteiger charge is -2.10. The minimum atomic E-state index is -0.471. The zero-order valence-corrected chi connectivity index (χ0v) is 17.4. The number of hydrogen-bond donors (Lipinski definition) is 2. The monoisotopic (exact) mass is 456 g/mol. The van der Waals surface area contributed by atoms with Crippen molar-refractivity contribution in [2.45, 2.75) is 6.92 Å². The smallest absolute Gasteiger partial charge is 0.308 e. The Balaban J connectivity index is 1.79. The number of amides is 2. The third-order valence-electron chi connectivity index (χ3n) is 3.99. The van der Waals surface area contributed by atoms with Crippen molar-refractivity contribution < 1.29 is 9.18 Å². The Labute approximate surface area is 175 Å². The molecule has 0 aliphatic carbocycles. The number of nitrogens with zero attached hydrogens (tertiary/aromatic N) is 4. The summed E-state index contributed by atoms with van der Waals surface area (Å²) in [5, 5.41) is 9.51. The van der Waals surface area contributed by atoms with E-state index in [2.05, 4.69) is 48.4 Å². The molecule has 0 atom stereocenters. The Hall–Kier alpha value is -3.33. The zero-order chi connectivity index (χ0) is 21.0. The summed E-state index contributed by atoms with van der Waals surface area (Å²) in [5.74, 6) is -0.407. The normalized spacial score (nSPS) is 11.2. The van der Waals surface area contributed by atoms with E-state index in [1.54, 1.807) is 29.1 Å². The van der Waals surface area contributed by atoms with E-state index < -0.39 is 11.8 Å². The highest BCUT2D eigenvalue weighted by atomic mass is 79.9. The second-order valence-corrected chi connectivity index (χ2v) is 7.02. The molecule has 3 aromatic rings. The molecule has 2 N–H and O–H groups in total. The summed E-state index contributed by atoms with van der Waals surface area (Å²) >= 11 is 3.09. The van der Waals surface area contributed by atoms with Crippen LogP contribution in [0.5, 0.6) is 0 Å². The molecule has 0 fully saturated rings. The molecule has 1 aromatic heterocycles.